The van der Waals surface area contributed by atoms with Crippen LogP contribution in [0, 0.1) is 0 Å². The van der Waals surface area contributed by atoms with Gasteiger partial charge in [-0.15, -0.1) is 0 Å². The number of nitrogen functional groups attached to an aromatic ring is 1. The number of nitrogens with two attached hydrogens (primary N) is 1. The van der Waals surface area contributed by atoms with Gasteiger partial charge in [-0.25, -0.2) is 0 Å². The first-order valence-corrected chi connectivity index (χ1v) is 4.80. The minimum absolute atomic E-state index is 0.269. The molecule has 3 N–H and O–H groups in total. The molecule has 0 fully saturated rings. The van der Waals surface area contributed by atoms with Crippen molar-refractivity contribution in [1.82, 2.24) is 0 Å². The molecule has 0 aliphatic carbocycles. The molecule has 70 valence electrons. The molecule has 1 aromatic carbocycles. The Morgan fingerprint density at radius 1 is 1.54 bits per heavy atom. The number of benzene rings is 1. The molecule has 1 aliphatic heterocycles. The lowest BCUT2D eigenvalue weighted by Crippen LogP contribution is -2.22. The number of hydrogen-bond acceptors (Lipinski definition) is 2. The van der Waals surface area contributed by atoms with Gasteiger partial charge < -0.3 is 11.1 Å². The summed E-state index contributed by atoms with van der Waals surface area (Å²) in [5.74, 6) is 0. The maximum atomic E-state index is 5.89. The van der Waals surface area contributed by atoms with Crippen LogP contribution in [0.2, 0.25) is 0 Å². The Morgan fingerprint density at radius 3 is 3.00 bits per heavy atom. The Labute approximate surface area is 79.1 Å². The van der Waals surface area contributed by atoms with Crippen molar-refractivity contribution in [3.05, 3.63) is 23.8 Å². The zero-order chi connectivity index (χ0) is 9.47. The second-order valence-corrected chi connectivity index (χ2v) is 4.04. The highest BCUT2D eigenvalue weighted by Crippen LogP contribution is 2.41. The maximum Gasteiger partial charge on any atom is 0.0613 e. The number of anilines is 2. The lowest BCUT2D eigenvalue weighted by atomic mass is 9.82. The van der Waals surface area contributed by atoms with Gasteiger partial charge in [0.1, 0.15) is 0 Å². The monoisotopic (exact) mass is 176 g/mol. The van der Waals surface area contributed by atoms with Crippen molar-refractivity contribution in [3.63, 3.8) is 0 Å². The van der Waals surface area contributed by atoms with E-state index in [1.165, 1.54) is 5.56 Å². The highest BCUT2D eigenvalue weighted by atomic mass is 14.9. The summed E-state index contributed by atoms with van der Waals surface area (Å²) in [6.07, 6.45) is 1.15. The van der Waals surface area contributed by atoms with Crippen molar-refractivity contribution in [2.75, 3.05) is 17.6 Å². The highest BCUT2D eigenvalue weighted by molar-refractivity contribution is 5.74. The van der Waals surface area contributed by atoms with Crippen molar-refractivity contribution in [2.24, 2.45) is 0 Å². The van der Waals surface area contributed by atoms with Crippen LogP contribution in [0.15, 0.2) is 18.2 Å². The summed E-state index contributed by atoms with van der Waals surface area (Å²) in [6, 6.07) is 6.16. The molecule has 1 aliphatic rings. The fraction of sp³-hybridized carbons (Fsp3) is 0.455. The van der Waals surface area contributed by atoms with Crippen LogP contribution in [0.3, 0.4) is 0 Å². The molecule has 0 saturated heterocycles. The van der Waals surface area contributed by atoms with Crippen LogP contribution in [0.5, 0.6) is 0 Å². The van der Waals surface area contributed by atoms with Gasteiger partial charge in [0.15, 0.2) is 0 Å². The third kappa shape index (κ3) is 1.09. The lowest BCUT2D eigenvalue weighted by Gasteiger charge is -2.21. The van der Waals surface area contributed by atoms with Crippen molar-refractivity contribution < 1.29 is 0 Å². The van der Waals surface area contributed by atoms with E-state index in [9.17, 15) is 0 Å². The van der Waals surface area contributed by atoms with Gasteiger partial charge >= 0.3 is 0 Å². The van der Waals surface area contributed by atoms with Gasteiger partial charge in [-0.1, -0.05) is 26.0 Å². The van der Waals surface area contributed by atoms with Crippen LogP contribution in [0.25, 0.3) is 0 Å². The summed E-state index contributed by atoms with van der Waals surface area (Å²) >= 11 is 0. The molecule has 13 heavy (non-hydrogen) atoms. The lowest BCUT2D eigenvalue weighted by molar-refractivity contribution is 0.504. The summed E-state index contributed by atoms with van der Waals surface area (Å²) in [6.45, 7) is 5.51. The fourth-order valence-corrected chi connectivity index (χ4v) is 1.96. The van der Waals surface area contributed by atoms with Crippen LogP contribution in [-0.4, -0.2) is 6.54 Å². The van der Waals surface area contributed by atoms with Gasteiger partial charge in [0.2, 0.25) is 0 Å². The largest absolute Gasteiger partial charge is 0.397 e. The molecule has 0 amide bonds. The van der Waals surface area contributed by atoms with Crippen LogP contribution >= 0.6 is 0 Å². The van der Waals surface area contributed by atoms with E-state index >= 15 is 0 Å². The minimum Gasteiger partial charge on any atom is -0.397 e. The molecule has 0 aromatic heterocycles. The molecular weight excluding hydrogens is 160 g/mol. The second kappa shape index (κ2) is 2.66. The van der Waals surface area contributed by atoms with E-state index in [0.29, 0.717) is 0 Å². The number of para-hydroxylation sites is 1. The van der Waals surface area contributed by atoms with Gasteiger partial charge in [-0.2, -0.15) is 0 Å². The average Bonchev–Trinajstić information content (AvgIpc) is 2.47. The van der Waals surface area contributed by atoms with Gasteiger partial charge in [-0.05, 0) is 18.1 Å². The number of nitrogens with one attached hydrogen (secondary N) is 1. The number of rotatable bonds is 1. The predicted molar refractivity (Wildman–Crippen MR) is 57.0 cm³/mol. The Bertz CT molecular complexity index is 333. The average molecular weight is 176 g/mol. The fourth-order valence-electron chi connectivity index (χ4n) is 1.96. The smallest absolute Gasteiger partial charge is 0.0613 e. The van der Waals surface area contributed by atoms with E-state index in [-0.39, 0.29) is 5.41 Å². The minimum atomic E-state index is 0.269. The van der Waals surface area contributed by atoms with E-state index in [1.54, 1.807) is 0 Å². The van der Waals surface area contributed by atoms with E-state index < -0.39 is 0 Å². The Balaban J connectivity index is 2.55. The van der Waals surface area contributed by atoms with Crippen molar-refractivity contribution in [3.8, 4) is 0 Å². The zero-order valence-electron chi connectivity index (χ0n) is 8.22. The van der Waals surface area contributed by atoms with Gasteiger partial charge in [0, 0.05) is 12.0 Å². The molecule has 0 saturated carbocycles. The summed E-state index contributed by atoms with van der Waals surface area (Å²) in [4.78, 5) is 0. The molecule has 0 bridgehead atoms. The highest BCUT2D eigenvalue weighted by Gasteiger charge is 2.33. The first-order chi connectivity index (χ1) is 6.17. The molecule has 1 aromatic rings. The van der Waals surface area contributed by atoms with E-state index in [2.05, 4.69) is 25.2 Å². The van der Waals surface area contributed by atoms with Crippen LogP contribution < -0.4 is 11.1 Å². The van der Waals surface area contributed by atoms with E-state index in [1.807, 2.05) is 12.1 Å². The zero-order valence-corrected chi connectivity index (χ0v) is 8.22. The Hall–Kier alpha value is -1.18. The third-order valence-corrected chi connectivity index (χ3v) is 3.18. The van der Waals surface area contributed by atoms with Crippen LogP contribution in [0.1, 0.15) is 25.8 Å². The predicted octanol–water partition coefficient (Wildman–Crippen LogP) is 2.36. The third-order valence-electron chi connectivity index (χ3n) is 3.18. The SMILES string of the molecule is CC[C@]1(C)CNc2c(N)cccc21. The normalized spacial score (nSPS) is 25.4. The number of fused-ring (bicyclic) bond motifs is 1. The maximum absolute atomic E-state index is 5.89. The summed E-state index contributed by atoms with van der Waals surface area (Å²) in [7, 11) is 0. The molecule has 0 unspecified atom stereocenters. The molecule has 2 heteroatoms. The number of hydrogen-bond donors (Lipinski definition) is 2. The topological polar surface area (TPSA) is 38.0 Å². The molecule has 1 heterocycles. The Kier molecular flexibility index (Phi) is 1.72. The molecule has 0 spiro atoms. The van der Waals surface area contributed by atoms with Crippen molar-refractivity contribution in [2.45, 2.75) is 25.7 Å². The summed E-state index contributed by atoms with van der Waals surface area (Å²) in [5, 5.41) is 3.38. The Morgan fingerprint density at radius 2 is 2.31 bits per heavy atom. The molecule has 2 nitrogen and oxygen atoms in total. The van der Waals surface area contributed by atoms with Gasteiger partial charge in [0.05, 0.1) is 11.4 Å². The molecule has 2 rings (SSSR count). The van der Waals surface area contributed by atoms with Gasteiger partial charge in [-0.3, -0.25) is 0 Å². The van der Waals surface area contributed by atoms with E-state index in [4.69, 9.17) is 5.73 Å². The van der Waals surface area contributed by atoms with Crippen molar-refractivity contribution in [1.29, 1.82) is 0 Å². The second-order valence-electron chi connectivity index (χ2n) is 4.04. The van der Waals surface area contributed by atoms with Crippen molar-refractivity contribution >= 4 is 11.4 Å². The first kappa shape index (κ1) is 8.42. The molecular formula is C11H16N2. The molecule has 1 atom stereocenters. The standard InChI is InChI=1S/C11H16N2/c1-3-11(2)7-13-10-8(11)5-4-6-9(10)12/h4-6,13H,3,7,12H2,1-2H3/t11-/m1/s1. The first-order valence-electron chi connectivity index (χ1n) is 4.80. The molecule has 0 radical (unpaired) electrons. The van der Waals surface area contributed by atoms with Crippen LogP contribution in [0.4, 0.5) is 11.4 Å². The quantitative estimate of drug-likeness (QED) is 0.645. The summed E-state index contributed by atoms with van der Waals surface area (Å²) in [5.41, 5.74) is 9.54. The van der Waals surface area contributed by atoms with Gasteiger partial charge in [0.25, 0.3) is 0 Å². The van der Waals surface area contributed by atoms with Crippen LogP contribution in [-0.2, 0) is 5.41 Å². The summed E-state index contributed by atoms with van der Waals surface area (Å²) < 4.78 is 0. The van der Waals surface area contributed by atoms with E-state index in [0.717, 1.165) is 24.3 Å².